The van der Waals surface area contributed by atoms with E-state index in [1.54, 1.807) is 17.1 Å². The van der Waals surface area contributed by atoms with Gasteiger partial charge in [0.05, 0.1) is 29.9 Å². The van der Waals surface area contributed by atoms with E-state index in [1.165, 1.54) is 0 Å². The van der Waals surface area contributed by atoms with Crippen molar-refractivity contribution in [2.24, 2.45) is 11.8 Å². The zero-order valence-electron chi connectivity index (χ0n) is 20.3. The van der Waals surface area contributed by atoms with Crippen molar-refractivity contribution in [2.45, 2.75) is 31.8 Å². The Kier molecular flexibility index (Phi) is 7.44. The predicted octanol–water partition coefficient (Wildman–Crippen LogP) is 3.82. The first kappa shape index (κ1) is 24.2. The molecule has 36 heavy (non-hydrogen) atoms. The number of aliphatic hydroxyl groups is 1. The molecule has 188 valence electrons. The number of ether oxygens (including phenoxy) is 1. The van der Waals surface area contributed by atoms with Crippen molar-refractivity contribution in [1.82, 2.24) is 14.7 Å². The van der Waals surface area contributed by atoms with E-state index in [-0.39, 0.29) is 23.7 Å². The Bertz CT molecular complexity index is 1160. The summed E-state index contributed by atoms with van der Waals surface area (Å²) in [5.74, 6) is 0.122. The van der Waals surface area contributed by atoms with Gasteiger partial charge in [-0.25, -0.2) is 4.68 Å². The number of hydrogen-bond donors (Lipinski definition) is 2. The van der Waals surface area contributed by atoms with Crippen molar-refractivity contribution in [3.8, 4) is 5.69 Å². The molecule has 2 aliphatic rings. The number of nitrogens with zero attached hydrogens (tertiary/aromatic N) is 3. The number of carbonyl (C=O) groups excluding carboxylic acids is 2. The zero-order chi connectivity index (χ0) is 24.9. The number of piperidine rings is 1. The molecule has 3 heterocycles. The molecule has 0 spiro atoms. The lowest BCUT2D eigenvalue weighted by molar-refractivity contribution is -0.122. The van der Waals surface area contributed by atoms with Crippen LogP contribution >= 0.6 is 0 Å². The maximum Gasteiger partial charge on any atom is 0.253 e. The highest BCUT2D eigenvalue weighted by Crippen LogP contribution is 2.31. The molecular formula is C28H32N4O4. The van der Waals surface area contributed by atoms with Crippen molar-refractivity contribution >= 4 is 17.5 Å². The second kappa shape index (κ2) is 11.1. The Balaban J connectivity index is 1.15. The fourth-order valence-electron chi connectivity index (χ4n) is 5.01. The molecule has 2 saturated heterocycles. The van der Waals surface area contributed by atoms with Gasteiger partial charge in [0.1, 0.15) is 0 Å². The highest BCUT2D eigenvalue weighted by Gasteiger charge is 2.28. The molecule has 1 aromatic heterocycles. The number of anilines is 1. The Morgan fingerprint density at radius 3 is 2.36 bits per heavy atom. The fraction of sp³-hybridized carbons (Fsp3) is 0.393. The molecule has 0 unspecified atom stereocenters. The molecule has 0 saturated carbocycles. The van der Waals surface area contributed by atoms with Gasteiger partial charge < -0.3 is 20.1 Å². The van der Waals surface area contributed by atoms with Crippen LogP contribution in [0, 0.1) is 11.8 Å². The quantitative estimate of drug-likeness (QED) is 0.550. The Hall–Kier alpha value is -3.49. The van der Waals surface area contributed by atoms with Crippen molar-refractivity contribution < 1.29 is 19.4 Å². The van der Waals surface area contributed by atoms with Gasteiger partial charge in [-0.05, 0) is 61.4 Å². The number of amides is 2. The van der Waals surface area contributed by atoms with Crippen LogP contribution in [-0.2, 0) is 9.53 Å². The van der Waals surface area contributed by atoms with E-state index < -0.39 is 6.10 Å². The molecule has 2 aliphatic heterocycles. The van der Waals surface area contributed by atoms with Gasteiger partial charge in [0.25, 0.3) is 5.91 Å². The maximum absolute atomic E-state index is 13.1. The van der Waals surface area contributed by atoms with Crippen molar-refractivity contribution in [2.75, 3.05) is 31.6 Å². The second-order valence-electron chi connectivity index (χ2n) is 9.58. The summed E-state index contributed by atoms with van der Waals surface area (Å²) in [4.78, 5) is 27.4. The Morgan fingerprint density at radius 1 is 0.972 bits per heavy atom. The van der Waals surface area contributed by atoms with E-state index >= 15 is 0 Å². The summed E-state index contributed by atoms with van der Waals surface area (Å²) >= 11 is 0. The van der Waals surface area contributed by atoms with E-state index in [9.17, 15) is 14.7 Å². The molecule has 8 heteroatoms. The van der Waals surface area contributed by atoms with Crippen LogP contribution in [-0.4, -0.2) is 57.9 Å². The van der Waals surface area contributed by atoms with Crippen LogP contribution in [0.2, 0.25) is 0 Å². The molecule has 2 aromatic carbocycles. The van der Waals surface area contributed by atoms with Crippen molar-refractivity contribution in [1.29, 1.82) is 0 Å². The number of aromatic nitrogens is 2. The van der Waals surface area contributed by atoms with Gasteiger partial charge in [-0.1, -0.05) is 30.3 Å². The number of rotatable bonds is 6. The van der Waals surface area contributed by atoms with Crippen LogP contribution in [0.25, 0.3) is 5.69 Å². The number of benzene rings is 2. The summed E-state index contributed by atoms with van der Waals surface area (Å²) in [5.41, 5.74) is 3.01. The predicted molar refractivity (Wildman–Crippen MR) is 136 cm³/mol. The van der Waals surface area contributed by atoms with E-state index in [0.717, 1.165) is 36.9 Å². The number of carbonyl (C=O) groups is 2. The summed E-state index contributed by atoms with van der Waals surface area (Å²) in [6.07, 6.45) is 5.93. The smallest absolute Gasteiger partial charge is 0.253 e. The van der Waals surface area contributed by atoms with Crippen LogP contribution in [0.15, 0.2) is 67.0 Å². The number of likely N-dealkylation sites (tertiary alicyclic amines) is 1. The van der Waals surface area contributed by atoms with Gasteiger partial charge in [0.15, 0.2) is 0 Å². The lowest BCUT2D eigenvalue weighted by Crippen LogP contribution is -2.39. The van der Waals surface area contributed by atoms with Crippen LogP contribution in [0.3, 0.4) is 0 Å². The second-order valence-corrected chi connectivity index (χ2v) is 9.58. The third kappa shape index (κ3) is 5.50. The van der Waals surface area contributed by atoms with Crippen LogP contribution in [0.5, 0.6) is 0 Å². The van der Waals surface area contributed by atoms with E-state index in [4.69, 9.17) is 4.74 Å². The first-order valence-electron chi connectivity index (χ1n) is 12.6. The normalized spacial score (nSPS) is 18.1. The largest absolute Gasteiger partial charge is 0.388 e. The minimum atomic E-state index is -0.497. The van der Waals surface area contributed by atoms with Gasteiger partial charge in [-0.2, -0.15) is 5.10 Å². The van der Waals surface area contributed by atoms with E-state index in [1.807, 2.05) is 59.5 Å². The first-order chi connectivity index (χ1) is 17.6. The van der Waals surface area contributed by atoms with Crippen LogP contribution < -0.4 is 5.32 Å². The molecule has 2 fully saturated rings. The zero-order valence-corrected chi connectivity index (χ0v) is 20.3. The average molecular weight is 489 g/mol. The van der Waals surface area contributed by atoms with Crippen LogP contribution in [0.1, 0.15) is 47.7 Å². The number of hydrogen-bond acceptors (Lipinski definition) is 5. The average Bonchev–Trinajstić information content (AvgIpc) is 3.42. The molecular weight excluding hydrogens is 456 g/mol. The first-order valence-corrected chi connectivity index (χ1v) is 12.6. The summed E-state index contributed by atoms with van der Waals surface area (Å²) in [7, 11) is 0. The summed E-state index contributed by atoms with van der Waals surface area (Å²) in [6.45, 7) is 2.50. The summed E-state index contributed by atoms with van der Waals surface area (Å²) < 4.78 is 7.01. The lowest BCUT2D eigenvalue weighted by Gasteiger charge is -2.34. The van der Waals surface area contributed by atoms with Gasteiger partial charge in [0, 0.05) is 37.8 Å². The highest BCUT2D eigenvalue weighted by atomic mass is 16.5. The minimum absolute atomic E-state index is 0.000852. The van der Waals surface area contributed by atoms with Crippen LogP contribution in [0.4, 0.5) is 5.69 Å². The maximum atomic E-state index is 13.1. The van der Waals surface area contributed by atoms with Gasteiger partial charge in [-0.3, -0.25) is 9.59 Å². The molecule has 8 nitrogen and oxygen atoms in total. The third-order valence-corrected chi connectivity index (χ3v) is 7.24. The summed E-state index contributed by atoms with van der Waals surface area (Å²) in [6, 6.07) is 17.1. The molecule has 2 amide bonds. The van der Waals surface area contributed by atoms with Gasteiger partial charge in [-0.15, -0.1) is 0 Å². The van der Waals surface area contributed by atoms with Crippen molar-refractivity contribution in [3.05, 3.63) is 78.1 Å². The molecule has 2 N–H and O–H groups in total. The summed E-state index contributed by atoms with van der Waals surface area (Å²) in [5, 5.41) is 18.0. The molecule has 1 atom stereocenters. The molecule has 0 bridgehead atoms. The fourth-order valence-corrected chi connectivity index (χ4v) is 5.01. The minimum Gasteiger partial charge on any atom is -0.388 e. The lowest BCUT2D eigenvalue weighted by atomic mass is 9.87. The Labute approximate surface area is 210 Å². The number of nitrogens with one attached hydrogen (secondary N) is 1. The highest BCUT2D eigenvalue weighted by molar-refractivity contribution is 5.94. The van der Waals surface area contributed by atoms with E-state index in [2.05, 4.69) is 10.4 Å². The molecule has 5 rings (SSSR count). The van der Waals surface area contributed by atoms with E-state index in [0.29, 0.717) is 37.6 Å². The van der Waals surface area contributed by atoms with Gasteiger partial charge in [0.2, 0.25) is 5.91 Å². The monoisotopic (exact) mass is 488 g/mol. The molecule has 3 aromatic rings. The SMILES string of the molecule is O=C(Nc1cnn(-c2ccc(C(=O)N3CCC([C@H](O)c4ccccc4)CC3)cc2)c1)C1CCOCC1. The molecule has 0 radical (unpaired) electrons. The number of aliphatic hydroxyl groups excluding tert-OH is 1. The molecule has 0 aliphatic carbocycles. The standard InChI is InChI=1S/C28H32N4O4/c33-26(20-4-2-1-3-5-20)21-10-14-31(15-11-21)28(35)23-6-8-25(9-7-23)32-19-24(18-29-32)30-27(34)22-12-16-36-17-13-22/h1-9,18-19,21-22,26,33H,10-17H2,(H,30,34)/t26-/m1/s1. The topological polar surface area (TPSA) is 96.7 Å². The third-order valence-electron chi connectivity index (χ3n) is 7.24. The van der Waals surface area contributed by atoms with Crippen molar-refractivity contribution in [3.63, 3.8) is 0 Å². The van der Waals surface area contributed by atoms with Gasteiger partial charge >= 0.3 is 0 Å². The Morgan fingerprint density at radius 2 is 1.67 bits per heavy atom.